The zero-order chi connectivity index (χ0) is 10.4. The molecule has 0 spiro atoms. The highest BCUT2D eigenvalue weighted by Crippen LogP contribution is 2.06. The van der Waals surface area contributed by atoms with E-state index in [-0.39, 0.29) is 6.10 Å². The third kappa shape index (κ3) is 3.31. The van der Waals surface area contributed by atoms with Crippen molar-refractivity contribution in [3.63, 3.8) is 0 Å². The molecule has 1 N–H and O–H groups in total. The van der Waals surface area contributed by atoms with Crippen LogP contribution in [0.2, 0.25) is 0 Å². The van der Waals surface area contributed by atoms with E-state index in [1.54, 1.807) is 6.20 Å². The lowest BCUT2D eigenvalue weighted by Crippen LogP contribution is -2.14. The molecule has 0 bridgehead atoms. The van der Waals surface area contributed by atoms with E-state index in [1.807, 2.05) is 10.8 Å². The van der Waals surface area contributed by atoms with Gasteiger partial charge in [0.1, 0.15) is 5.82 Å². The Kier molecular flexibility index (Phi) is 4.98. The number of rotatable bonds is 6. The third-order valence-electron chi connectivity index (χ3n) is 2.23. The van der Waals surface area contributed by atoms with Gasteiger partial charge >= 0.3 is 0 Å². The number of hydrogen-bond acceptors (Lipinski definition) is 2. The summed E-state index contributed by atoms with van der Waals surface area (Å²) in [7, 11) is 0. The van der Waals surface area contributed by atoms with Gasteiger partial charge in [-0.2, -0.15) is 0 Å². The van der Waals surface area contributed by atoms with Crippen molar-refractivity contribution in [1.82, 2.24) is 9.55 Å². The van der Waals surface area contributed by atoms with Crippen molar-refractivity contribution in [3.8, 4) is 0 Å². The van der Waals surface area contributed by atoms with Crippen LogP contribution in [0.25, 0.3) is 0 Å². The Hall–Kier alpha value is -0.540. The molecule has 0 aromatic carbocycles. The molecule has 0 aliphatic rings. The van der Waals surface area contributed by atoms with E-state index < -0.39 is 0 Å². The van der Waals surface area contributed by atoms with E-state index in [0.717, 1.165) is 25.2 Å². The summed E-state index contributed by atoms with van der Waals surface area (Å²) < 4.78 is 2.05. The van der Waals surface area contributed by atoms with Crippen molar-refractivity contribution in [2.75, 3.05) is 5.88 Å². The molecule has 1 rings (SSSR count). The lowest BCUT2D eigenvalue weighted by atomic mass is 10.1. The van der Waals surface area contributed by atoms with Gasteiger partial charge in [-0.15, -0.1) is 11.6 Å². The van der Waals surface area contributed by atoms with Crippen molar-refractivity contribution in [1.29, 1.82) is 0 Å². The summed E-state index contributed by atoms with van der Waals surface area (Å²) in [6, 6.07) is 0. The first-order valence-electron chi connectivity index (χ1n) is 5.02. The normalized spacial score (nSPS) is 13.1. The lowest BCUT2D eigenvalue weighted by molar-refractivity contribution is 0.160. The Bertz CT molecular complexity index is 262. The Balaban J connectivity index is 2.42. The van der Waals surface area contributed by atoms with E-state index in [1.165, 1.54) is 0 Å². The van der Waals surface area contributed by atoms with Gasteiger partial charge in [0.05, 0.1) is 6.10 Å². The van der Waals surface area contributed by atoms with Crippen molar-refractivity contribution < 1.29 is 5.11 Å². The van der Waals surface area contributed by atoms with Crippen LogP contribution in [0.5, 0.6) is 0 Å². The minimum absolute atomic E-state index is 0.318. The summed E-state index contributed by atoms with van der Waals surface area (Å²) in [5, 5.41) is 9.66. The van der Waals surface area contributed by atoms with Gasteiger partial charge in [0.15, 0.2) is 0 Å². The Labute approximate surface area is 89.7 Å². The molecule has 1 aromatic rings. The molecule has 4 heteroatoms. The first-order valence-corrected chi connectivity index (χ1v) is 5.55. The van der Waals surface area contributed by atoms with E-state index in [2.05, 4.69) is 11.9 Å². The predicted molar refractivity (Wildman–Crippen MR) is 57.6 cm³/mol. The van der Waals surface area contributed by atoms with Crippen LogP contribution in [0.3, 0.4) is 0 Å². The number of aryl methyl sites for hydroxylation is 1. The number of aromatic nitrogens is 2. The maximum atomic E-state index is 9.66. The Morgan fingerprint density at radius 3 is 3.07 bits per heavy atom. The highest BCUT2D eigenvalue weighted by Gasteiger charge is 2.08. The molecular formula is C10H17ClN2O. The molecule has 0 saturated heterocycles. The first-order chi connectivity index (χ1) is 6.77. The number of imidazole rings is 1. The molecule has 14 heavy (non-hydrogen) atoms. The van der Waals surface area contributed by atoms with Crippen LogP contribution >= 0.6 is 11.6 Å². The van der Waals surface area contributed by atoms with Gasteiger partial charge in [-0.05, 0) is 19.8 Å². The molecule has 0 aliphatic carbocycles. The summed E-state index contributed by atoms with van der Waals surface area (Å²) in [5.74, 6) is 1.56. The predicted octanol–water partition coefficient (Wildman–Crippen LogP) is 1.83. The quantitative estimate of drug-likeness (QED) is 0.737. The molecule has 0 fully saturated rings. The SMILES string of the molecule is CCn1ccnc1CC(O)CCCCl. The second kappa shape index (κ2) is 6.04. The largest absolute Gasteiger partial charge is 0.393 e. The highest BCUT2D eigenvalue weighted by atomic mass is 35.5. The molecular weight excluding hydrogens is 200 g/mol. The molecule has 1 heterocycles. The van der Waals surface area contributed by atoms with Gasteiger partial charge in [0, 0.05) is 31.2 Å². The summed E-state index contributed by atoms with van der Waals surface area (Å²) in [4.78, 5) is 4.21. The second-order valence-electron chi connectivity index (χ2n) is 3.32. The maximum Gasteiger partial charge on any atom is 0.111 e. The van der Waals surface area contributed by atoms with Crippen LogP contribution in [0.4, 0.5) is 0 Å². The van der Waals surface area contributed by atoms with Gasteiger partial charge < -0.3 is 9.67 Å². The minimum atomic E-state index is -0.318. The second-order valence-corrected chi connectivity index (χ2v) is 3.70. The highest BCUT2D eigenvalue weighted by molar-refractivity contribution is 6.17. The number of aliphatic hydroxyl groups is 1. The lowest BCUT2D eigenvalue weighted by Gasteiger charge is -2.10. The van der Waals surface area contributed by atoms with Crippen LogP contribution < -0.4 is 0 Å². The fraction of sp³-hybridized carbons (Fsp3) is 0.700. The number of halogens is 1. The molecule has 1 unspecified atom stereocenters. The summed E-state index contributed by atoms with van der Waals surface area (Å²) in [6.07, 6.45) is 5.62. The fourth-order valence-corrected chi connectivity index (χ4v) is 1.60. The van der Waals surface area contributed by atoms with Gasteiger partial charge in [0.25, 0.3) is 0 Å². The molecule has 1 aromatic heterocycles. The smallest absolute Gasteiger partial charge is 0.111 e. The Morgan fingerprint density at radius 2 is 2.43 bits per heavy atom. The average molecular weight is 217 g/mol. The van der Waals surface area contributed by atoms with Gasteiger partial charge in [0.2, 0.25) is 0 Å². The van der Waals surface area contributed by atoms with Crippen LogP contribution in [0, 0.1) is 0 Å². The molecule has 1 atom stereocenters. The van der Waals surface area contributed by atoms with E-state index in [4.69, 9.17) is 11.6 Å². The van der Waals surface area contributed by atoms with Crippen LogP contribution in [-0.2, 0) is 13.0 Å². The zero-order valence-electron chi connectivity index (χ0n) is 8.49. The molecule has 0 amide bonds. The van der Waals surface area contributed by atoms with Gasteiger partial charge in [-0.25, -0.2) is 4.98 Å². The maximum absolute atomic E-state index is 9.66. The van der Waals surface area contributed by atoms with Crippen LogP contribution in [0.15, 0.2) is 12.4 Å². The molecule has 3 nitrogen and oxygen atoms in total. The van der Waals surface area contributed by atoms with Gasteiger partial charge in [-0.1, -0.05) is 0 Å². The van der Waals surface area contributed by atoms with Crippen molar-refractivity contribution in [2.45, 2.75) is 38.8 Å². The average Bonchev–Trinajstić information content (AvgIpc) is 2.62. The van der Waals surface area contributed by atoms with E-state index in [9.17, 15) is 5.11 Å². The van der Waals surface area contributed by atoms with E-state index in [0.29, 0.717) is 12.3 Å². The van der Waals surface area contributed by atoms with Gasteiger partial charge in [-0.3, -0.25) is 0 Å². The molecule has 0 radical (unpaired) electrons. The fourth-order valence-electron chi connectivity index (χ4n) is 1.44. The topological polar surface area (TPSA) is 38.0 Å². The van der Waals surface area contributed by atoms with E-state index >= 15 is 0 Å². The standard InChI is InChI=1S/C10H17ClN2O/c1-2-13-7-6-12-10(13)8-9(14)4-3-5-11/h6-7,9,14H,2-5,8H2,1H3. The molecule has 0 aliphatic heterocycles. The molecule has 80 valence electrons. The van der Waals surface area contributed by atoms with Crippen molar-refractivity contribution >= 4 is 11.6 Å². The monoisotopic (exact) mass is 216 g/mol. The van der Waals surface area contributed by atoms with Crippen LogP contribution in [-0.4, -0.2) is 26.6 Å². The number of aliphatic hydroxyl groups excluding tert-OH is 1. The summed E-state index contributed by atoms with van der Waals surface area (Å²) in [5.41, 5.74) is 0. The molecule has 0 saturated carbocycles. The van der Waals surface area contributed by atoms with Crippen molar-refractivity contribution in [2.24, 2.45) is 0 Å². The Morgan fingerprint density at radius 1 is 1.64 bits per heavy atom. The number of hydrogen-bond donors (Lipinski definition) is 1. The first kappa shape index (κ1) is 11.5. The van der Waals surface area contributed by atoms with Crippen molar-refractivity contribution in [3.05, 3.63) is 18.2 Å². The van der Waals surface area contributed by atoms with Crippen LogP contribution in [0.1, 0.15) is 25.6 Å². The summed E-state index contributed by atoms with van der Waals surface area (Å²) >= 11 is 5.55. The minimum Gasteiger partial charge on any atom is -0.393 e. The number of alkyl halides is 1. The zero-order valence-corrected chi connectivity index (χ0v) is 9.24. The summed E-state index contributed by atoms with van der Waals surface area (Å²) in [6.45, 7) is 2.97. The number of nitrogens with zero attached hydrogens (tertiary/aromatic N) is 2. The third-order valence-corrected chi connectivity index (χ3v) is 2.50.